The van der Waals surface area contributed by atoms with Crippen molar-refractivity contribution < 1.29 is 0 Å². The van der Waals surface area contributed by atoms with Crippen LogP contribution in [0.2, 0.25) is 0 Å². The summed E-state index contributed by atoms with van der Waals surface area (Å²) >= 11 is 1.41. The molecule has 0 saturated carbocycles. The summed E-state index contributed by atoms with van der Waals surface area (Å²) in [5.41, 5.74) is 2.03. The number of rotatable bonds is 5. The van der Waals surface area contributed by atoms with Gasteiger partial charge in [-0.25, -0.2) is 4.98 Å². The third kappa shape index (κ3) is 4.00. The van der Waals surface area contributed by atoms with Gasteiger partial charge in [-0.1, -0.05) is 6.92 Å². The summed E-state index contributed by atoms with van der Waals surface area (Å²) in [6.45, 7) is 11.9. The van der Waals surface area contributed by atoms with Crippen LogP contribution in [0.15, 0.2) is 12.3 Å². The van der Waals surface area contributed by atoms with Crippen molar-refractivity contribution in [3.8, 4) is 6.07 Å². The first-order valence-electron chi connectivity index (χ1n) is 11.2. The number of hydrogen-bond donors (Lipinski definition) is 1. The SMILES string of the molecule is Cc1cc(Nc2ncc(C)c(N3C[C@@H](N4CCN5C[C@H](C)C[C@H]5C4)[C@@H]3CC#N)n2)sn1. The lowest BCUT2D eigenvalue weighted by Crippen LogP contribution is -2.70. The molecule has 3 fully saturated rings. The van der Waals surface area contributed by atoms with Crippen molar-refractivity contribution in [1.82, 2.24) is 24.1 Å². The van der Waals surface area contributed by atoms with Gasteiger partial charge in [0.15, 0.2) is 0 Å². The number of anilines is 3. The highest BCUT2D eigenvalue weighted by molar-refractivity contribution is 7.10. The van der Waals surface area contributed by atoms with Crippen molar-refractivity contribution in [2.24, 2.45) is 5.92 Å². The first-order chi connectivity index (χ1) is 15.0. The first kappa shape index (κ1) is 20.6. The van der Waals surface area contributed by atoms with E-state index < -0.39 is 0 Å². The second-order valence-electron chi connectivity index (χ2n) is 9.29. The zero-order valence-electron chi connectivity index (χ0n) is 18.5. The molecule has 2 aromatic rings. The molecule has 31 heavy (non-hydrogen) atoms. The second kappa shape index (κ2) is 8.34. The molecule has 1 N–H and O–H groups in total. The van der Waals surface area contributed by atoms with Crippen molar-refractivity contribution in [3.63, 3.8) is 0 Å². The normalized spacial score (nSPS) is 28.8. The van der Waals surface area contributed by atoms with Gasteiger partial charge in [-0.2, -0.15) is 14.6 Å². The summed E-state index contributed by atoms with van der Waals surface area (Å²) in [5, 5.41) is 13.7. The van der Waals surface area contributed by atoms with Crippen LogP contribution in [0.4, 0.5) is 16.8 Å². The number of nitrogens with zero attached hydrogens (tertiary/aromatic N) is 7. The van der Waals surface area contributed by atoms with E-state index in [-0.39, 0.29) is 6.04 Å². The summed E-state index contributed by atoms with van der Waals surface area (Å²) in [6.07, 6.45) is 3.69. The lowest BCUT2D eigenvalue weighted by Gasteiger charge is -2.55. The highest BCUT2D eigenvalue weighted by Crippen LogP contribution is 2.36. The number of nitrogens with one attached hydrogen (secondary N) is 1. The van der Waals surface area contributed by atoms with Crippen LogP contribution in [0.25, 0.3) is 0 Å². The molecule has 4 atom stereocenters. The Kier molecular flexibility index (Phi) is 5.54. The molecule has 9 heteroatoms. The number of piperazine rings is 1. The summed E-state index contributed by atoms with van der Waals surface area (Å²) < 4.78 is 4.31. The van der Waals surface area contributed by atoms with Gasteiger partial charge < -0.3 is 10.2 Å². The number of aryl methyl sites for hydroxylation is 2. The smallest absolute Gasteiger partial charge is 0.229 e. The monoisotopic (exact) mass is 438 g/mol. The molecule has 2 aromatic heterocycles. The van der Waals surface area contributed by atoms with E-state index in [1.807, 2.05) is 26.1 Å². The van der Waals surface area contributed by atoms with E-state index in [9.17, 15) is 5.26 Å². The van der Waals surface area contributed by atoms with Gasteiger partial charge in [-0.15, -0.1) is 0 Å². The third-order valence-electron chi connectivity index (χ3n) is 6.93. The van der Waals surface area contributed by atoms with E-state index in [0.717, 1.165) is 54.2 Å². The molecule has 8 nitrogen and oxygen atoms in total. The molecule has 3 aliphatic heterocycles. The Morgan fingerprint density at radius 1 is 1.23 bits per heavy atom. The van der Waals surface area contributed by atoms with Gasteiger partial charge in [0.25, 0.3) is 0 Å². The lowest BCUT2D eigenvalue weighted by molar-refractivity contribution is 0.0416. The first-order valence-corrected chi connectivity index (χ1v) is 11.9. The number of aromatic nitrogens is 3. The Labute approximate surface area is 188 Å². The van der Waals surface area contributed by atoms with E-state index in [2.05, 4.69) is 42.4 Å². The standard InChI is InChI=1S/C22H30N8S/c1-14-8-17-12-29(7-6-28(17)11-14)19-13-30(18(19)4-5-23)21-15(2)10-24-22(26-21)25-20-9-16(3)27-31-20/h9-10,14,17-19H,4,6-8,11-13H2,1-3H3,(H,24,25,26)/t14-,17+,18+,19-/m1/s1. The van der Waals surface area contributed by atoms with Crippen molar-refractivity contribution in [2.75, 3.05) is 42.9 Å². The van der Waals surface area contributed by atoms with Crippen LogP contribution in [-0.2, 0) is 0 Å². The predicted molar refractivity (Wildman–Crippen MR) is 123 cm³/mol. The molecule has 5 rings (SSSR count). The van der Waals surface area contributed by atoms with E-state index in [1.165, 1.54) is 24.5 Å². The molecule has 0 radical (unpaired) electrons. The number of nitriles is 1. The summed E-state index contributed by atoms with van der Waals surface area (Å²) in [7, 11) is 0. The van der Waals surface area contributed by atoms with Gasteiger partial charge in [-0.3, -0.25) is 9.80 Å². The molecule has 0 unspecified atom stereocenters. The van der Waals surface area contributed by atoms with E-state index in [4.69, 9.17) is 4.98 Å². The van der Waals surface area contributed by atoms with E-state index >= 15 is 0 Å². The Bertz CT molecular complexity index is 984. The molecule has 3 aliphatic rings. The van der Waals surface area contributed by atoms with Crippen LogP contribution >= 0.6 is 11.5 Å². The molecule has 3 saturated heterocycles. The van der Waals surface area contributed by atoms with Crippen LogP contribution in [0, 0.1) is 31.1 Å². The largest absolute Gasteiger partial charge is 0.349 e. The highest BCUT2D eigenvalue weighted by atomic mass is 32.1. The van der Waals surface area contributed by atoms with Gasteiger partial charge in [0.2, 0.25) is 5.95 Å². The Balaban J connectivity index is 1.31. The van der Waals surface area contributed by atoms with Gasteiger partial charge in [-0.05, 0) is 43.8 Å². The van der Waals surface area contributed by atoms with Crippen LogP contribution in [0.5, 0.6) is 0 Å². The minimum atomic E-state index is 0.183. The third-order valence-corrected chi connectivity index (χ3v) is 7.73. The maximum Gasteiger partial charge on any atom is 0.229 e. The van der Waals surface area contributed by atoms with Crippen molar-refractivity contribution in [2.45, 2.75) is 51.7 Å². The van der Waals surface area contributed by atoms with Gasteiger partial charge >= 0.3 is 0 Å². The second-order valence-corrected chi connectivity index (χ2v) is 10.1. The molecule has 0 aromatic carbocycles. The summed E-state index contributed by atoms with van der Waals surface area (Å²) in [4.78, 5) is 16.9. The van der Waals surface area contributed by atoms with Crippen LogP contribution in [0.3, 0.4) is 0 Å². The molecule has 164 valence electrons. The zero-order chi connectivity index (χ0) is 21.5. The van der Waals surface area contributed by atoms with Gasteiger partial charge in [0, 0.05) is 56.6 Å². The topological polar surface area (TPSA) is 84.2 Å². The quantitative estimate of drug-likeness (QED) is 0.763. The molecule has 0 bridgehead atoms. The Morgan fingerprint density at radius 3 is 2.84 bits per heavy atom. The number of fused-ring (bicyclic) bond motifs is 1. The predicted octanol–water partition coefficient (Wildman–Crippen LogP) is 2.79. The zero-order valence-corrected chi connectivity index (χ0v) is 19.3. The fourth-order valence-corrected chi connectivity index (χ4v) is 6.06. The molecular weight excluding hydrogens is 408 g/mol. The molecule has 0 aliphatic carbocycles. The van der Waals surface area contributed by atoms with Crippen molar-refractivity contribution in [1.29, 1.82) is 5.26 Å². The minimum absolute atomic E-state index is 0.183. The summed E-state index contributed by atoms with van der Waals surface area (Å²) in [5.74, 6) is 2.31. The maximum absolute atomic E-state index is 9.53. The van der Waals surface area contributed by atoms with Crippen LogP contribution < -0.4 is 10.2 Å². The van der Waals surface area contributed by atoms with Gasteiger partial charge in [0.05, 0.1) is 24.2 Å². The number of hydrogen-bond acceptors (Lipinski definition) is 9. The maximum atomic E-state index is 9.53. The Morgan fingerprint density at radius 2 is 2.06 bits per heavy atom. The summed E-state index contributed by atoms with van der Waals surface area (Å²) in [6, 6.07) is 5.71. The molecular formula is C22H30N8S. The average molecular weight is 439 g/mol. The fourth-order valence-electron chi connectivity index (χ4n) is 5.41. The average Bonchev–Trinajstić information content (AvgIpc) is 3.31. The lowest BCUT2D eigenvalue weighted by atomic mass is 9.90. The van der Waals surface area contributed by atoms with Crippen LogP contribution in [-0.4, -0.2) is 75.0 Å². The van der Waals surface area contributed by atoms with Gasteiger partial charge in [0.1, 0.15) is 10.8 Å². The van der Waals surface area contributed by atoms with E-state index in [0.29, 0.717) is 24.5 Å². The molecule has 0 spiro atoms. The fraction of sp³-hybridized carbons (Fsp3) is 0.636. The molecule has 0 amide bonds. The van der Waals surface area contributed by atoms with Crippen LogP contribution in [0.1, 0.15) is 31.0 Å². The minimum Gasteiger partial charge on any atom is -0.349 e. The van der Waals surface area contributed by atoms with E-state index in [1.54, 1.807) is 0 Å². The molecule has 5 heterocycles. The Hall–Kier alpha value is -2.28. The van der Waals surface area contributed by atoms with Crippen molar-refractivity contribution in [3.05, 3.63) is 23.5 Å². The highest BCUT2D eigenvalue weighted by Gasteiger charge is 2.46. The van der Waals surface area contributed by atoms with Crippen molar-refractivity contribution >= 4 is 28.3 Å².